The van der Waals surface area contributed by atoms with Crippen molar-refractivity contribution in [3.63, 3.8) is 0 Å². The summed E-state index contributed by atoms with van der Waals surface area (Å²) in [5, 5.41) is 16.1. The van der Waals surface area contributed by atoms with Gasteiger partial charge in [0.15, 0.2) is 23.7 Å². The zero-order valence-corrected chi connectivity index (χ0v) is 23.8. The lowest BCUT2D eigenvalue weighted by Crippen LogP contribution is -2.70. The minimum atomic E-state index is -2.28. The highest BCUT2D eigenvalue weighted by molar-refractivity contribution is 6.30. The molecule has 0 aromatic heterocycles. The summed E-state index contributed by atoms with van der Waals surface area (Å²) >= 11 is 6.07. The van der Waals surface area contributed by atoms with E-state index in [0.717, 1.165) is 6.08 Å². The Labute approximate surface area is 241 Å². The van der Waals surface area contributed by atoms with Crippen LogP contribution in [-0.4, -0.2) is 66.5 Å². The number of nitrogens with zero attached hydrogens (tertiary/aromatic N) is 1. The molecule has 1 amide bonds. The molecule has 1 heterocycles. The Balaban J connectivity index is 1.43. The molecule has 1 aromatic carbocycles. The van der Waals surface area contributed by atoms with E-state index in [1.165, 1.54) is 19.2 Å². The smallest absolute Gasteiger partial charge is 0.407 e. The molecule has 4 aliphatic carbocycles. The lowest BCUT2D eigenvalue weighted by atomic mass is 9.44. The van der Waals surface area contributed by atoms with Crippen LogP contribution in [0.5, 0.6) is 0 Å². The summed E-state index contributed by atoms with van der Waals surface area (Å²) in [6, 6.07) is 6.90. The third kappa shape index (κ3) is 3.66. The molecule has 9 unspecified atom stereocenters. The number of amides is 1. The van der Waals surface area contributed by atoms with E-state index < -0.39 is 76.4 Å². The predicted molar refractivity (Wildman–Crippen MR) is 146 cm³/mol. The van der Waals surface area contributed by atoms with E-state index in [0.29, 0.717) is 17.1 Å². The van der Waals surface area contributed by atoms with Gasteiger partial charge in [0.1, 0.15) is 6.17 Å². The van der Waals surface area contributed by atoms with Crippen LogP contribution in [0.15, 0.2) is 48.1 Å². The Hall–Kier alpha value is -2.82. The quantitative estimate of drug-likeness (QED) is 0.539. The number of hydrogen-bond donors (Lipinski definition) is 2. The number of carbonyl (C=O) groups is 3. The van der Waals surface area contributed by atoms with Gasteiger partial charge in [0, 0.05) is 34.7 Å². The number of halogens is 3. The molecule has 6 rings (SSSR count). The van der Waals surface area contributed by atoms with Crippen molar-refractivity contribution in [1.29, 1.82) is 0 Å². The van der Waals surface area contributed by atoms with Gasteiger partial charge >= 0.3 is 6.09 Å². The van der Waals surface area contributed by atoms with E-state index in [-0.39, 0.29) is 25.0 Å². The Morgan fingerprint density at radius 3 is 2.61 bits per heavy atom. The minimum absolute atomic E-state index is 0.0412. The van der Waals surface area contributed by atoms with Crippen molar-refractivity contribution in [3.05, 3.63) is 53.1 Å². The Morgan fingerprint density at radius 1 is 1.22 bits per heavy atom. The highest BCUT2D eigenvalue weighted by Gasteiger charge is 2.79. The van der Waals surface area contributed by atoms with Crippen molar-refractivity contribution < 1.29 is 37.8 Å². The van der Waals surface area contributed by atoms with E-state index in [1.54, 1.807) is 43.2 Å². The molecule has 4 fully saturated rings. The maximum Gasteiger partial charge on any atom is 0.407 e. The molecule has 5 aliphatic rings. The van der Waals surface area contributed by atoms with Crippen molar-refractivity contribution in [2.45, 2.75) is 56.7 Å². The summed E-state index contributed by atoms with van der Waals surface area (Å²) in [5.41, 5.74) is -5.82. The second-order valence-corrected chi connectivity index (χ2v) is 12.8. The number of aliphatic hydroxyl groups is 1. The van der Waals surface area contributed by atoms with Crippen LogP contribution in [0.2, 0.25) is 5.02 Å². The number of allylic oxidation sites excluding steroid dienone is 4. The molecule has 220 valence electrons. The molecule has 0 spiro atoms. The van der Waals surface area contributed by atoms with Gasteiger partial charge < -0.3 is 15.2 Å². The number of ether oxygens (including phenoxy) is 1. The lowest BCUT2D eigenvalue weighted by molar-refractivity contribution is -0.228. The number of alkyl halides is 2. The largest absolute Gasteiger partial charge is 0.441 e. The van der Waals surface area contributed by atoms with E-state index in [9.17, 15) is 19.5 Å². The van der Waals surface area contributed by atoms with Gasteiger partial charge in [0.05, 0.1) is 18.3 Å². The molecule has 9 atom stereocenters. The number of ketones is 2. The van der Waals surface area contributed by atoms with Crippen LogP contribution < -0.4 is 10.4 Å². The second-order valence-electron chi connectivity index (χ2n) is 12.4. The van der Waals surface area contributed by atoms with E-state index in [1.807, 2.05) is 0 Å². The zero-order valence-electron chi connectivity index (χ0n) is 23.0. The van der Waals surface area contributed by atoms with Gasteiger partial charge in [-0.25, -0.2) is 13.6 Å². The normalized spacial score (nSPS) is 42.5. The first-order valence-electron chi connectivity index (χ1n) is 13.9. The average Bonchev–Trinajstić information content (AvgIpc) is 3.44. The first kappa shape index (κ1) is 28.3. The standard InChI is InChI=1S/C30H33ClF2N2O6/c1-27-9-8-19(36)11-22(27)23(32)12-21-20-10-16-14-35(18-6-4-17(31)5-7-18)41-30(16,25(38)15-40-26(39)34-3)28(20,2)13-24(37)29(21,27)33/h4-9,11,16,20-21,23-24,37H,10,12-15H2,1-3H3,(H,34,39). The van der Waals surface area contributed by atoms with Gasteiger partial charge in [-0.2, -0.15) is 0 Å². The van der Waals surface area contributed by atoms with Crippen LogP contribution in [0.3, 0.4) is 0 Å². The Morgan fingerprint density at radius 2 is 1.93 bits per heavy atom. The first-order chi connectivity index (χ1) is 19.3. The van der Waals surface area contributed by atoms with Crippen LogP contribution >= 0.6 is 11.6 Å². The molecule has 1 aromatic rings. The number of fused-ring (bicyclic) bond motifs is 7. The van der Waals surface area contributed by atoms with Crippen LogP contribution in [0, 0.1) is 28.6 Å². The summed E-state index contributed by atoms with van der Waals surface area (Å²) < 4.78 is 38.5. The van der Waals surface area contributed by atoms with E-state index in [4.69, 9.17) is 21.2 Å². The SMILES string of the molecule is CNC(=O)OCC(=O)C12ON(c3ccc(Cl)cc3)CC1CC1C3CC(F)C4=CC(=O)C=CC4(C)C3(F)C(O)CC12C. The van der Waals surface area contributed by atoms with Crippen molar-refractivity contribution in [2.75, 3.05) is 25.3 Å². The monoisotopic (exact) mass is 590 g/mol. The number of rotatable bonds is 4. The van der Waals surface area contributed by atoms with Gasteiger partial charge in [0.25, 0.3) is 0 Å². The summed E-state index contributed by atoms with van der Waals surface area (Å²) in [6.07, 6.45) is -0.244. The number of hydrogen-bond acceptors (Lipinski definition) is 7. The number of alkyl carbamates (subject to hydrolysis) is 1. The van der Waals surface area contributed by atoms with Crippen LogP contribution in [0.1, 0.15) is 33.1 Å². The summed E-state index contributed by atoms with van der Waals surface area (Å²) in [6.45, 7) is 3.02. The number of benzene rings is 1. The van der Waals surface area contributed by atoms with Gasteiger partial charge in [-0.1, -0.05) is 24.6 Å². The minimum Gasteiger partial charge on any atom is -0.441 e. The molecule has 11 heteroatoms. The molecule has 1 aliphatic heterocycles. The van der Waals surface area contributed by atoms with Gasteiger partial charge in [-0.15, -0.1) is 0 Å². The molecule has 0 bridgehead atoms. The molecule has 1 saturated heterocycles. The molecule has 2 N–H and O–H groups in total. The fourth-order valence-corrected chi connectivity index (χ4v) is 8.95. The summed E-state index contributed by atoms with van der Waals surface area (Å²) in [7, 11) is 1.38. The summed E-state index contributed by atoms with van der Waals surface area (Å²) in [4.78, 5) is 44.7. The highest BCUT2D eigenvalue weighted by Crippen LogP contribution is 2.72. The number of hydroxylamine groups is 1. The molecular formula is C30H33ClF2N2O6. The van der Waals surface area contributed by atoms with Gasteiger partial charge in [0.2, 0.25) is 5.78 Å². The fraction of sp³-hybridized carbons (Fsp3) is 0.567. The van der Waals surface area contributed by atoms with Crippen molar-refractivity contribution in [2.24, 2.45) is 28.6 Å². The topological polar surface area (TPSA) is 105 Å². The van der Waals surface area contributed by atoms with E-state index in [2.05, 4.69) is 5.32 Å². The molecule has 8 nitrogen and oxygen atoms in total. The molecule has 0 radical (unpaired) electrons. The van der Waals surface area contributed by atoms with Crippen LogP contribution in [0.4, 0.5) is 19.3 Å². The fourth-order valence-electron chi connectivity index (χ4n) is 8.82. The van der Waals surface area contributed by atoms with Gasteiger partial charge in [-0.05, 0) is 74.1 Å². The highest BCUT2D eigenvalue weighted by atomic mass is 35.5. The molecule has 3 saturated carbocycles. The van der Waals surface area contributed by atoms with Crippen molar-refractivity contribution in [3.8, 4) is 0 Å². The number of carbonyl (C=O) groups excluding carboxylic acids is 3. The maximum absolute atomic E-state index is 17.6. The number of nitrogens with one attached hydrogen (secondary N) is 1. The number of Topliss-reactive ketones (excluding diaryl/α,β-unsaturated/α-hetero) is 1. The lowest BCUT2D eigenvalue weighted by Gasteiger charge is -2.63. The number of anilines is 1. The van der Waals surface area contributed by atoms with Crippen molar-refractivity contribution in [1.82, 2.24) is 5.32 Å². The average molecular weight is 591 g/mol. The second kappa shape index (κ2) is 9.34. The molecule has 41 heavy (non-hydrogen) atoms. The Bertz CT molecular complexity index is 1370. The van der Waals surface area contributed by atoms with Crippen LogP contribution in [-0.2, 0) is 19.2 Å². The zero-order chi connectivity index (χ0) is 29.5. The van der Waals surface area contributed by atoms with Crippen molar-refractivity contribution >= 4 is 34.9 Å². The van der Waals surface area contributed by atoms with E-state index >= 15 is 8.78 Å². The predicted octanol–water partition coefficient (Wildman–Crippen LogP) is 4.30. The molecular weight excluding hydrogens is 558 g/mol. The Kier molecular flexibility index (Phi) is 6.45. The number of aliphatic hydroxyl groups excluding tert-OH is 1. The van der Waals surface area contributed by atoms with Crippen LogP contribution in [0.25, 0.3) is 0 Å². The summed E-state index contributed by atoms with van der Waals surface area (Å²) in [5.74, 6) is -2.89. The maximum atomic E-state index is 17.6. The third-order valence-electron chi connectivity index (χ3n) is 10.7. The first-order valence-corrected chi connectivity index (χ1v) is 14.3. The third-order valence-corrected chi connectivity index (χ3v) is 10.9. The van der Waals surface area contributed by atoms with Gasteiger partial charge in [-0.3, -0.25) is 19.5 Å².